The Balaban J connectivity index is 1.53. The Hall–Kier alpha value is -2.73. The maximum absolute atomic E-state index is 12.6. The summed E-state index contributed by atoms with van der Waals surface area (Å²) in [5.74, 6) is 1.05. The second kappa shape index (κ2) is 9.10. The first kappa shape index (κ1) is 18.1. The van der Waals surface area contributed by atoms with Crippen LogP contribution in [-0.2, 0) is 17.6 Å². The van der Waals surface area contributed by atoms with Crippen LogP contribution in [0.15, 0.2) is 64.2 Å². The van der Waals surface area contributed by atoms with E-state index in [2.05, 4.69) is 28.9 Å². The zero-order valence-electron chi connectivity index (χ0n) is 14.5. The van der Waals surface area contributed by atoms with Crippen molar-refractivity contribution in [3.63, 3.8) is 0 Å². The molecule has 0 spiro atoms. The van der Waals surface area contributed by atoms with Gasteiger partial charge in [-0.3, -0.25) is 4.79 Å². The number of aryl methyl sites for hydroxylation is 1. The molecule has 5 nitrogen and oxygen atoms in total. The Morgan fingerprint density at radius 2 is 2.04 bits per heavy atom. The minimum absolute atomic E-state index is 0.0658. The topological polar surface area (TPSA) is 59.2 Å². The molecule has 0 fully saturated rings. The molecule has 134 valence electrons. The average molecular weight is 367 g/mol. The van der Waals surface area contributed by atoms with Gasteiger partial charge in [0.2, 0.25) is 17.7 Å². The highest BCUT2D eigenvalue weighted by atomic mass is 32.1. The summed E-state index contributed by atoms with van der Waals surface area (Å²) in [5, 5.41) is 12.0. The van der Waals surface area contributed by atoms with Crippen molar-refractivity contribution in [2.24, 2.45) is 0 Å². The monoisotopic (exact) mass is 367 g/mol. The highest BCUT2D eigenvalue weighted by Crippen LogP contribution is 2.20. The molecule has 6 heteroatoms. The first-order valence-electron chi connectivity index (χ1n) is 8.54. The minimum Gasteiger partial charge on any atom is -0.421 e. The number of nitrogens with zero attached hydrogens (tertiary/aromatic N) is 3. The molecule has 3 aromatic rings. The number of hydrogen-bond acceptors (Lipinski definition) is 5. The van der Waals surface area contributed by atoms with Gasteiger partial charge >= 0.3 is 0 Å². The molecule has 0 radical (unpaired) electrons. The summed E-state index contributed by atoms with van der Waals surface area (Å²) >= 11 is 1.58. The van der Waals surface area contributed by atoms with E-state index in [0.717, 1.165) is 12.0 Å². The van der Waals surface area contributed by atoms with Crippen molar-refractivity contribution in [3.8, 4) is 11.5 Å². The zero-order chi connectivity index (χ0) is 18.2. The van der Waals surface area contributed by atoms with E-state index in [0.29, 0.717) is 37.7 Å². The number of carbonyl (C=O) groups is 1. The second-order valence-electron chi connectivity index (χ2n) is 5.88. The lowest BCUT2D eigenvalue weighted by Gasteiger charge is -2.21. The molecule has 26 heavy (non-hydrogen) atoms. The largest absolute Gasteiger partial charge is 0.421 e. The summed E-state index contributed by atoms with van der Waals surface area (Å²) in [5.41, 5.74) is 2.13. The van der Waals surface area contributed by atoms with Crippen molar-refractivity contribution in [1.29, 1.82) is 0 Å². The summed E-state index contributed by atoms with van der Waals surface area (Å²) in [6.07, 6.45) is 3.36. The summed E-state index contributed by atoms with van der Waals surface area (Å²) in [4.78, 5) is 14.4. The van der Waals surface area contributed by atoms with Crippen LogP contribution in [-0.4, -0.2) is 34.1 Å². The van der Waals surface area contributed by atoms with Crippen LogP contribution in [0.3, 0.4) is 0 Å². The number of aromatic nitrogens is 2. The first-order chi connectivity index (χ1) is 12.8. The third-order valence-corrected chi connectivity index (χ3v) is 4.69. The summed E-state index contributed by atoms with van der Waals surface area (Å²) in [6, 6.07) is 12.1. The van der Waals surface area contributed by atoms with Gasteiger partial charge in [-0.25, -0.2) is 0 Å². The Bertz CT molecular complexity index is 828. The average Bonchev–Trinajstić information content (AvgIpc) is 3.35. The fourth-order valence-electron chi connectivity index (χ4n) is 2.61. The Labute approximate surface area is 157 Å². The smallest absolute Gasteiger partial charge is 0.248 e. The van der Waals surface area contributed by atoms with Gasteiger partial charge in [-0.15, -0.1) is 16.8 Å². The minimum atomic E-state index is 0.0658. The van der Waals surface area contributed by atoms with Gasteiger partial charge in [0.25, 0.3) is 0 Å². The van der Waals surface area contributed by atoms with Gasteiger partial charge in [0, 0.05) is 36.9 Å². The molecular formula is C20H21N3O2S. The number of benzene rings is 1. The van der Waals surface area contributed by atoms with Crippen LogP contribution >= 0.6 is 11.3 Å². The highest BCUT2D eigenvalue weighted by Gasteiger charge is 2.15. The maximum atomic E-state index is 12.6. The van der Waals surface area contributed by atoms with Gasteiger partial charge in [0.05, 0.1) is 0 Å². The molecule has 0 bridgehead atoms. The van der Waals surface area contributed by atoms with Gasteiger partial charge < -0.3 is 9.32 Å². The molecule has 2 aromatic heterocycles. The van der Waals surface area contributed by atoms with Gasteiger partial charge in [-0.2, -0.15) is 11.3 Å². The van der Waals surface area contributed by atoms with E-state index in [-0.39, 0.29) is 5.91 Å². The van der Waals surface area contributed by atoms with Gasteiger partial charge in [-0.1, -0.05) is 36.4 Å². The van der Waals surface area contributed by atoms with Crippen LogP contribution in [0.25, 0.3) is 11.5 Å². The van der Waals surface area contributed by atoms with Crippen molar-refractivity contribution in [1.82, 2.24) is 15.1 Å². The molecule has 0 saturated carbocycles. The third-order valence-electron chi connectivity index (χ3n) is 4.00. The van der Waals surface area contributed by atoms with E-state index >= 15 is 0 Å². The Morgan fingerprint density at radius 3 is 2.77 bits per heavy atom. The lowest BCUT2D eigenvalue weighted by atomic mass is 10.1. The standard InChI is InChI=1S/C20H21N3O2S/c1-2-12-23(13-10-16-6-4-3-5-7-16)19(24)9-8-18-21-22-20(25-18)17-11-14-26-15-17/h2-7,11,14-15H,1,8-10,12-13H2. The maximum Gasteiger partial charge on any atom is 0.248 e. The summed E-state index contributed by atoms with van der Waals surface area (Å²) < 4.78 is 5.64. The number of rotatable bonds is 9. The van der Waals surface area contributed by atoms with E-state index in [9.17, 15) is 4.79 Å². The quantitative estimate of drug-likeness (QED) is 0.537. The predicted octanol–water partition coefficient (Wildman–Crippen LogP) is 3.99. The van der Waals surface area contributed by atoms with Gasteiger partial charge in [-0.05, 0) is 23.4 Å². The molecule has 0 atom stereocenters. The fourth-order valence-corrected chi connectivity index (χ4v) is 3.24. The van der Waals surface area contributed by atoms with Crippen LogP contribution in [0.4, 0.5) is 0 Å². The van der Waals surface area contributed by atoms with Crippen molar-refractivity contribution in [2.45, 2.75) is 19.3 Å². The normalized spacial score (nSPS) is 10.6. The molecule has 2 heterocycles. The molecule has 1 amide bonds. The van der Waals surface area contributed by atoms with Crippen molar-refractivity contribution in [3.05, 3.63) is 71.3 Å². The van der Waals surface area contributed by atoms with Crippen LogP contribution in [0.2, 0.25) is 0 Å². The van der Waals surface area contributed by atoms with E-state index in [4.69, 9.17) is 4.42 Å². The molecule has 0 aliphatic rings. The number of thiophene rings is 1. The van der Waals surface area contributed by atoms with Crippen molar-refractivity contribution < 1.29 is 9.21 Å². The van der Waals surface area contributed by atoms with E-state index in [1.165, 1.54) is 5.56 Å². The molecule has 3 rings (SSSR count). The molecule has 0 N–H and O–H groups in total. The first-order valence-corrected chi connectivity index (χ1v) is 9.48. The van der Waals surface area contributed by atoms with Crippen LogP contribution in [0.1, 0.15) is 17.9 Å². The number of hydrogen-bond donors (Lipinski definition) is 0. The molecule has 0 saturated heterocycles. The van der Waals surface area contributed by atoms with Crippen molar-refractivity contribution >= 4 is 17.2 Å². The van der Waals surface area contributed by atoms with Crippen molar-refractivity contribution in [2.75, 3.05) is 13.1 Å². The lowest BCUT2D eigenvalue weighted by molar-refractivity contribution is -0.130. The predicted molar refractivity (Wildman–Crippen MR) is 103 cm³/mol. The molecular weight excluding hydrogens is 346 g/mol. The SMILES string of the molecule is C=CCN(CCc1ccccc1)C(=O)CCc1nnc(-c2ccsc2)o1. The zero-order valence-corrected chi connectivity index (χ0v) is 15.3. The van der Waals surface area contributed by atoms with Crippen LogP contribution in [0, 0.1) is 0 Å². The van der Waals surface area contributed by atoms with E-state index in [1.54, 1.807) is 17.4 Å². The highest BCUT2D eigenvalue weighted by molar-refractivity contribution is 7.08. The number of carbonyl (C=O) groups excluding carboxylic acids is 1. The number of amides is 1. The van der Waals surface area contributed by atoms with Gasteiger partial charge in [0.1, 0.15) is 0 Å². The van der Waals surface area contributed by atoms with Crippen LogP contribution in [0.5, 0.6) is 0 Å². The Kier molecular flexibility index (Phi) is 6.33. The van der Waals surface area contributed by atoms with Crippen LogP contribution < -0.4 is 0 Å². The second-order valence-corrected chi connectivity index (χ2v) is 6.66. The lowest BCUT2D eigenvalue weighted by Crippen LogP contribution is -2.33. The molecule has 1 aromatic carbocycles. The van der Waals surface area contributed by atoms with E-state index < -0.39 is 0 Å². The molecule has 0 unspecified atom stereocenters. The third kappa shape index (κ3) is 4.89. The fraction of sp³-hybridized carbons (Fsp3) is 0.250. The van der Waals surface area contributed by atoms with E-state index in [1.807, 2.05) is 39.9 Å². The molecule has 0 aliphatic carbocycles. The Morgan fingerprint density at radius 1 is 1.19 bits per heavy atom. The summed E-state index contributed by atoms with van der Waals surface area (Å²) in [6.45, 7) is 4.96. The summed E-state index contributed by atoms with van der Waals surface area (Å²) in [7, 11) is 0. The molecule has 0 aliphatic heterocycles. The van der Waals surface area contributed by atoms with Gasteiger partial charge in [0.15, 0.2) is 0 Å².